The van der Waals surface area contributed by atoms with Crippen LogP contribution in [-0.4, -0.2) is 56.2 Å². The third-order valence-corrected chi connectivity index (χ3v) is 6.00. The number of ether oxygens (including phenoxy) is 1. The van der Waals surface area contributed by atoms with Gasteiger partial charge in [-0.1, -0.05) is 6.07 Å². The summed E-state index contributed by atoms with van der Waals surface area (Å²) in [6, 6.07) is 4.47. The van der Waals surface area contributed by atoms with Crippen molar-refractivity contribution < 1.29 is 36.3 Å². The van der Waals surface area contributed by atoms with Crippen LogP contribution in [0.2, 0.25) is 0 Å². The number of nitrogens with two attached hydrogens (primary N) is 1. The van der Waals surface area contributed by atoms with Crippen molar-refractivity contribution in [3.8, 4) is 5.88 Å². The Hall–Kier alpha value is -4.23. The molecule has 0 radical (unpaired) electrons. The van der Waals surface area contributed by atoms with Crippen LogP contribution in [0, 0.1) is 11.6 Å². The van der Waals surface area contributed by atoms with Crippen molar-refractivity contribution in [1.82, 2.24) is 24.8 Å². The number of carbonyl (C=O) groups is 2. The Bertz CT molecular complexity index is 1330. The minimum Gasteiger partial charge on any atom is -0.469 e. The number of carbonyl (C=O) groups excluding carboxylic acids is 2. The SMILES string of the molecule is Nc1ncc(C(=O)COc2ccnc(C(F)(F)F)n2)c(C2CCN(C(=O)Cc3c(F)cccc3F)CC2)n1. The van der Waals surface area contributed by atoms with Gasteiger partial charge in [0.1, 0.15) is 11.6 Å². The molecule has 1 aromatic carbocycles. The fourth-order valence-electron chi connectivity index (χ4n) is 4.08. The van der Waals surface area contributed by atoms with Crippen molar-refractivity contribution in [2.24, 2.45) is 0 Å². The number of nitrogens with zero attached hydrogens (tertiary/aromatic N) is 5. The highest BCUT2D eigenvalue weighted by atomic mass is 19.4. The van der Waals surface area contributed by atoms with Crippen LogP contribution in [0.1, 0.15) is 46.2 Å². The molecule has 1 fully saturated rings. The summed E-state index contributed by atoms with van der Waals surface area (Å²) in [6.07, 6.45) is -2.37. The summed E-state index contributed by atoms with van der Waals surface area (Å²) in [5.41, 5.74) is 5.81. The molecule has 2 aromatic heterocycles. The highest BCUT2D eigenvalue weighted by Gasteiger charge is 2.35. The van der Waals surface area contributed by atoms with Gasteiger partial charge in [0, 0.05) is 43.0 Å². The molecule has 0 atom stereocenters. The van der Waals surface area contributed by atoms with Crippen molar-refractivity contribution in [2.75, 3.05) is 25.4 Å². The number of aromatic nitrogens is 4. The number of amides is 1. The van der Waals surface area contributed by atoms with Gasteiger partial charge in [0.15, 0.2) is 6.61 Å². The smallest absolute Gasteiger partial charge is 0.451 e. The van der Waals surface area contributed by atoms with E-state index in [4.69, 9.17) is 10.5 Å². The molecule has 1 saturated heterocycles. The maximum absolute atomic E-state index is 13.9. The Balaban J connectivity index is 1.41. The summed E-state index contributed by atoms with van der Waals surface area (Å²) >= 11 is 0. The number of nitrogen functional groups attached to an aromatic ring is 1. The van der Waals surface area contributed by atoms with Crippen LogP contribution in [-0.2, 0) is 17.4 Å². The number of hydrogen-bond donors (Lipinski definition) is 1. The van der Waals surface area contributed by atoms with Gasteiger partial charge in [-0.2, -0.15) is 18.2 Å². The van der Waals surface area contributed by atoms with E-state index in [1.165, 1.54) is 17.2 Å². The first-order chi connectivity index (χ1) is 18.0. The van der Waals surface area contributed by atoms with Crippen LogP contribution in [0.3, 0.4) is 0 Å². The number of halogens is 5. The predicted octanol–water partition coefficient (Wildman–Crippen LogP) is 3.36. The topological polar surface area (TPSA) is 124 Å². The van der Waals surface area contributed by atoms with Crippen LogP contribution in [0.25, 0.3) is 0 Å². The first-order valence-electron chi connectivity index (χ1n) is 11.4. The molecule has 4 rings (SSSR count). The highest BCUT2D eigenvalue weighted by Crippen LogP contribution is 2.30. The zero-order chi connectivity index (χ0) is 27.4. The molecule has 14 heteroatoms. The highest BCUT2D eigenvalue weighted by molar-refractivity contribution is 5.98. The number of ketones is 1. The Morgan fingerprint density at radius 3 is 2.39 bits per heavy atom. The summed E-state index contributed by atoms with van der Waals surface area (Å²) < 4.78 is 71.5. The van der Waals surface area contributed by atoms with Gasteiger partial charge in [-0.05, 0) is 25.0 Å². The third kappa shape index (κ3) is 6.18. The number of alkyl halides is 3. The van der Waals surface area contributed by atoms with E-state index in [-0.39, 0.29) is 36.1 Å². The summed E-state index contributed by atoms with van der Waals surface area (Å²) in [6.45, 7) is -0.149. The average molecular weight is 536 g/mol. The number of hydrogen-bond acceptors (Lipinski definition) is 8. The maximum atomic E-state index is 13.9. The lowest BCUT2D eigenvalue weighted by Gasteiger charge is -2.32. The van der Waals surface area contributed by atoms with Crippen LogP contribution in [0.15, 0.2) is 36.7 Å². The monoisotopic (exact) mass is 536 g/mol. The average Bonchev–Trinajstić information content (AvgIpc) is 2.89. The van der Waals surface area contributed by atoms with Gasteiger partial charge in [-0.15, -0.1) is 0 Å². The molecule has 38 heavy (non-hydrogen) atoms. The Kier molecular flexibility index (Phi) is 7.78. The summed E-state index contributed by atoms with van der Waals surface area (Å²) in [5, 5.41) is 0. The van der Waals surface area contributed by atoms with Crippen molar-refractivity contribution in [3.63, 3.8) is 0 Å². The minimum atomic E-state index is -4.78. The van der Waals surface area contributed by atoms with Gasteiger partial charge in [-0.3, -0.25) is 9.59 Å². The van der Waals surface area contributed by atoms with E-state index in [1.807, 2.05) is 0 Å². The molecule has 0 bridgehead atoms. The standard InChI is InChI=1S/C24H21F5N6O3/c25-16-2-1-3-17(26)14(16)10-20(37)35-8-5-13(6-9-35)21-15(11-32-23(30)34-21)18(36)12-38-19-4-7-31-22(33-19)24(27,28)29/h1-4,7,11,13H,5-6,8-10,12H2,(H2,30,32,34). The fourth-order valence-corrected chi connectivity index (χ4v) is 4.08. The van der Waals surface area contributed by atoms with E-state index in [2.05, 4.69) is 19.9 Å². The molecule has 0 aliphatic carbocycles. The van der Waals surface area contributed by atoms with Gasteiger partial charge in [0.25, 0.3) is 0 Å². The van der Waals surface area contributed by atoms with Crippen LogP contribution in [0.4, 0.5) is 27.9 Å². The lowest BCUT2D eigenvalue weighted by Crippen LogP contribution is -2.39. The molecule has 1 aliphatic heterocycles. The van der Waals surface area contributed by atoms with Gasteiger partial charge in [-0.25, -0.2) is 23.7 Å². The summed E-state index contributed by atoms with van der Waals surface area (Å²) in [7, 11) is 0. The Morgan fingerprint density at radius 2 is 1.74 bits per heavy atom. The van der Waals surface area contributed by atoms with E-state index in [0.717, 1.165) is 24.4 Å². The molecular weight excluding hydrogens is 515 g/mol. The van der Waals surface area contributed by atoms with E-state index in [0.29, 0.717) is 18.5 Å². The Morgan fingerprint density at radius 1 is 1.05 bits per heavy atom. The largest absolute Gasteiger partial charge is 0.469 e. The number of rotatable bonds is 7. The predicted molar refractivity (Wildman–Crippen MR) is 122 cm³/mol. The van der Waals surface area contributed by atoms with Crippen LogP contribution in [0.5, 0.6) is 5.88 Å². The molecule has 3 heterocycles. The molecular formula is C24H21F5N6O3. The number of likely N-dealkylation sites (tertiary alicyclic amines) is 1. The van der Waals surface area contributed by atoms with Crippen molar-refractivity contribution >= 4 is 17.6 Å². The zero-order valence-electron chi connectivity index (χ0n) is 19.7. The normalized spacial score (nSPS) is 14.4. The van der Waals surface area contributed by atoms with Gasteiger partial charge in [0.2, 0.25) is 29.3 Å². The number of benzene rings is 1. The van der Waals surface area contributed by atoms with Crippen molar-refractivity contribution in [2.45, 2.75) is 31.4 Å². The molecule has 1 amide bonds. The molecule has 3 aromatic rings. The first-order valence-corrected chi connectivity index (χ1v) is 11.4. The lowest BCUT2D eigenvalue weighted by atomic mass is 9.89. The second kappa shape index (κ2) is 11.0. The molecule has 2 N–H and O–H groups in total. The fraction of sp³-hybridized carbons (Fsp3) is 0.333. The number of Topliss-reactive ketones (excluding diaryl/α,β-unsaturated/α-hetero) is 1. The van der Waals surface area contributed by atoms with E-state index in [9.17, 15) is 31.5 Å². The van der Waals surface area contributed by atoms with Crippen molar-refractivity contribution in [3.05, 3.63) is 70.9 Å². The minimum absolute atomic E-state index is 0.0718. The van der Waals surface area contributed by atoms with E-state index in [1.54, 1.807) is 0 Å². The molecule has 9 nitrogen and oxygen atoms in total. The Labute approximate surface area is 212 Å². The summed E-state index contributed by atoms with van der Waals surface area (Å²) in [5.74, 6) is -4.88. The second-order valence-electron chi connectivity index (χ2n) is 8.49. The van der Waals surface area contributed by atoms with Gasteiger partial charge < -0.3 is 15.4 Å². The van der Waals surface area contributed by atoms with Gasteiger partial charge in [0.05, 0.1) is 17.7 Å². The lowest BCUT2D eigenvalue weighted by molar-refractivity contribution is -0.145. The molecule has 200 valence electrons. The quantitative estimate of drug-likeness (QED) is 0.360. The maximum Gasteiger partial charge on any atom is 0.451 e. The van der Waals surface area contributed by atoms with E-state index < -0.39 is 54.2 Å². The van der Waals surface area contributed by atoms with Crippen LogP contribution < -0.4 is 10.5 Å². The second-order valence-corrected chi connectivity index (χ2v) is 8.49. The zero-order valence-corrected chi connectivity index (χ0v) is 19.7. The van der Waals surface area contributed by atoms with Crippen LogP contribution >= 0.6 is 0 Å². The molecule has 1 aliphatic rings. The number of piperidine rings is 1. The number of anilines is 1. The molecule has 0 saturated carbocycles. The molecule has 0 unspecified atom stereocenters. The van der Waals surface area contributed by atoms with Crippen molar-refractivity contribution in [1.29, 1.82) is 0 Å². The molecule has 0 spiro atoms. The van der Waals surface area contributed by atoms with E-state index >= 15 is 0 Å². The first kappa shape index (κ1) is 26.8. The van der Waals surface area contributed by atoms with Gasteiger partial charge >= 0.3 is 6.18 Å². The summed E-state index contributed by atoms with van der Waals surface area (Å²) in [4.78, 5) is 41.4. The third-order valence-electron chi connectivity index (χ3n) is 6.00.